The fraction of sp³-hybridized carbons (Fsp3) is 0.200. The first kappa shape index (κ1) is 24.7. The van der Waals surface area contributed by atoms with Gasteiger partial charge in [0.2, 0.25) is 0 Å². The van der Waals surface area contributed by atoms with Crippen molar-refractivity contribution in [2.24, 2.45) is 12.0 Å². The summed E-state index contributed by atoms with van der Waals surface area (Å²) >= 11 is 1.81. The Morgan fingerprint density at radius 1 is 1.17 bits per heavy atom. The molecule has 0 aliphatic carbocycles. The number of amides is 1. The van der Waals surface area contributed by atoms with Crippen LogP contribution in [0.5, 0.6) is 0 Å². The maximum atomic E-state index is 14.6. The molecular formula is C20H13F5N4O4S2. The molecule has 0 spiro atoms. The number of alkyl halides is 3. The number of fused-ring (bicyclic) bond motifs is 1. The Bertz CT molecular complexity index is 1660. The number of thiazole rings is 1. The Kier molecular flexibility index (Phi) is 6.33. The number of carbonyl (C=O) groups is 1. The van der Waals surface area contributed by atoms with Crippen molar-refractivity contribution in [2.75, 3.05) is 0 Å². The van der Waals surface area contributed by atoms with Crippen LogP contribution in [0.4, 0.5) is 22.0 Å². The van der Waals surface area contributed by atoms with Crippen molar-refractivity contribution in [1.29, 1.82) is 0 Å². The summed E-state index contributed by atoms with van der Waals surface area (Å²) < 4.78 is 69.6. The summed E-state index contributed by atoms with van der Waals surface area (Å²) in [5.74, 6) is -4.44. The number of halogens is 5. The minimum absolute atomic E-state index is 0.135. The second-order valence-corrected chi connectivity index (χ2v) is 8.89. The molecular weight excluding hydrogens is 519 g/mol. The molecule has 0 saturated heterocycles. The zero-order chi connectivity index (χ0) is 25.7. The maximum Gasteiger partial charge on any atom is 0.422 e. The van der Waals surface area contributed by atoms with E-state index < -0.39 is 52.8 Å². The number of benzene rings is 1. The van der Waals surface area contributed by atoms with E-state index in [-0.39, 0.29) is 22.3 Å². The number of nitrogens with zero attached hydrogens (tertiary/aromatic N) is 3. The molecule has 2 N–H and O–H groups in total. The maximum absolute atomic E-state index is 14.6. The van der Waals surface area contributed by atoms with Crippen LogP contribution in [-0.2, 0) is 31.2 Å². The van der Waals surface area contributed by atoms with Gasteiger partial charge in [-0.25, -0.2) is 13.6 Å². The number of carbonyl (C=O) groups excluding carboxylic acids is 1. The molecule has 0 atom stereocenters. The van der Waals surface area contributed by atoms with E-state index in [0.717, 1.165) is 33.3 Å². The van der Waals surface area contributed by atoms with Gasteiger partial charge in [-0.15, -0.1) is 22.7 Å². The van der Waals surface area contributed by atoms with Gasteiger partial charge in [-0.3, -0.25) is 23.7 Å². The lowest BCUT2D eigenvalue weighted by molar-refractivity contribution is -0.142. The molecule has 3 heterocycles. The average Bonchev–Trinajstić information content (AvgIpc) is 3.35. The van der Waals surface area contributed by atoms with Gasteiger partial charge in [0.1, 0.15) is 28.8 Å². The van der Waals surface area contributed by atoms with Gasteiger partial charge in [-0.2, -0.15) is 18.2 Å². The highest BCUT2D eigenvalue weighted by molar-refractivity contribution is 7.17. The standard InChI is InChI=1S/C20H13F5N4O4S2/c1-28-17-13(16(32)27-18(28)33)8(5-34-17)4-12(31)26-19-29(7-30)11(6-35-19)9-2-3-10(21)14(15(9)22)20(23,24)25/h2-3,5-6,30H,4,7H2,1H3,(H,27,32,33). The lowest BCUT2D eigenvalue weighted by Crippen LogP contribution is -2.28. The fourth-order valence-corrected chi connectivity index (χ4v) is 5.37. The highest BCUT2D eigenvalue weighted by Crippen LogP contribution is 2.37. The van der Waals surface area contributed by atoms with Gasteiger partial charge >= 0.3 is 11.9 Å². The lowest BCUT2D eigenvalue weighted by atomic mass is 10.1. The lowest BCUT2D eigenvalue weighted by Gasteiger charge is -2.13. The Labute approximate surface area is 198 Å². The summed E-state index contributed by atoms with van der Waals surface area (Å²) in [4.78, 5) is 42.7. The summed E-state index contributed by atoms with van der Waals surface area (Å²) in [6, 6.07) is 1.24. The van der Waals surface area contributed by atoms with Crippen molar-refractivity contribution in [3.05, 3.63) is 71.3 Å². The molecule has 0 aliphatic heterocycles. The number of rotatable bonds is 4. The van der Waals surface area contributed by atoms with Gasteiger partial charge in [0.15, 0.2) is 4.80 Å². The predicted octanol–water partition coefficient (Wildman–Crippen LogP) is 2.74. The molecule has 35 heavy (non-hydrogen) atoms. The Morgan fingerprint density at radius 3 is 2.54 bits per heavy atom. The van der Waals surface area contributed by atoms with Gasteiger partial charge in [-0.05, 0) is 23.1 Å². The molecule has 1 aromatic carbocycles. The van der Waals surface area contributed by atoms with E-state index >= 15 is 0 Å². The number of aryl methyl sites for hydroxylation is 1. The van der Waals surface area contributed by atoms with Crippen molar-refractivity contribution < 1.29 is 31.9 Å². The molecule has 8 nitrogen and oxygen atoms in total. The average molecular weight is 532 g/mol. The quantitative estimate of drug-likeness (QED) is 0.394. The molecule has 0 saturated carbocycles. The van der Waals surface area contributed by atoms with E-state index in [1.807, 2.05) is 0 Å². The molecule has 4 aromatic rings. The van der Waals surface area contributed by atoms with Crippen LogP contribution < -0.4 is 16.1 Å². The van der Waals surface area contributed by atoms with Crippen LogP contribution in [-0.4, -0.2) is 25.1 Å². The number of nitrogens with one attached hydrogen (secondary N) is 1. The first-order valence-electron chi connectivity index (χ1n) is 9.55. The predicted molar refractivity (Wildman–Crippen MR) is 117 cm³/mol. The Balaban J connectivity index is 1.75. The summed E-state index contributed by atoms with van der Waals surface area (Å²) in [6.07, 6.45) is -5.65. The van der Waals surface area contributed by atoms with E-state index in [1.165, 1.54) is 22.4 Å². The summed E-state index contributed by atoms with van der Waals surface area (Å²) in [5.41, 5.74) is -3.98. The highest BCUT2D eigenvalue weighted by atomic mass is 32.1. The normalized spacial score (nSPS) is 12.6. The number of H-pyrrole nitrogens is 1. The fourth-order valence-electron chi connectivity index (χ4n) is 3.43. The van der Waals surface area contributed by atoms with Gasteiger partial charge < -0.3 is 5.11 Å². The van der Waals surface area contributed by atoms with Crippen molar-refractivity contribution in [1.82, 2.24) is 14.1 Å². The molecule has 1 amide bonds. The largest absolute Gasteiger partial charge is 0.422 e. The molecule has 4 rings (SSSR count). The van der Waals surface area contributed by atoms with Crippen molar-refractivity contribution in [3.63, 3.8) is 0 Å². The highest BCUT2D eigenvalue weighted by Gasteiger charge is 2.39. The van der Waals surface area contributed by atoms with Gasteiger partial charge in [0, 0.05) is 18.0 Å². The summed E-state index contributed by atoms with van der Waals surface area (Å²) in [7, 11) is 1.45. The van der Waals surface area contributed by atoms with Gasteiger partial charge in [0.25, 0.3) is 11.5 Å². The molecule has 0 fully saturated rings. The van der Waals surface area contributed by atoms with E-state index in [2.05, 4.69) is 9.98 Å². The van der Waals surface area contributed by atoms with Crippen LogP contribution in [0.3, 0.4) is 0 Å². The van der Waals surface area contributed by atoms with Crippen LogP contribution >= 0.6 is 22.7 Å². The van der Waals surface area contributed by atoms with Gasteiger partial charge in [-0.1, -0.05) is 0 Å². The second kappa shape index (κ2) is 8.98. The number of hydrogen-bond donors (Lipinski definition) is 2. The van der Waals surface area contributed by atoms with Crippen molar-refractivity contribution in [3.8, 4) is 11.3 Å². The number of aliphatic hydroxyl groups is 1. The first-order chi connectivity index (χ1) is 16.4. The zero-order valence-corrected chi connectivity index (χ0v) is 19.1. The topological polar surface area (TPSA) is 109 Å². The van der Waals surface area contributed by atoms with Crippen LogP contribution in [0.25, 0.3) is 21.5 Å². The first-order valence-corrected chi connectivity index (χ1v) is 11.3. The number of thiophene rings is 1. The van der Waals surface area contributed by atoms with E-state index in [4.69, 9.17) is 0 Å². The third-order valence-corrected chi connectivity index (χ3v) is 7.02. The van der Waals surface area contributed by atoms with Crippen molar-refractivity contribution in [2.45, 2.75) is 19.3 Å². The smallest absolute Gasteiger partial charge is 0.376 e. The molecule has 15 heteroatoms. The molecule has 0 aliphatic rings. The van der Waals surface area contributed by atoms with Crippen LogP contribution in [0.2, 0.25) is 0 Å². The van der Waals surface area contributed by atoms with E-state index in [9.17, 15) is 41.4 Å². The molecule has 184 valence electrons. The molecule has 0 radical (unpaired) electrons. The number of aromatic amines is 1. The Hall–Kier alpha value is -3.43. The van der Waals surface area contributed by atoms with Crippen molar-refractivity contribution >= 4 is 38.8 Å². The van der Waals surface area contributed by atoms with Gasteiger partial charge in [0.05, 0.1) is 17.5 Å². The summed E-state index contributed by atoms with van der Waals surface area (Å²) in [5, 5.41) is 12.5. The van der Waals surface area contributed by atoms with E-state index in [1.54, 1.807) is 0 Å². The Morgan fingerprint density at radius 2 is 1.89 bits per heavy atom. The van der Waals surface area contributed by atoms with Crippen LogP contribution in [0, 0.1) is 11.6 Å². The molecule has 3 aromatic heterocycles. The minimum Gasteiger partial charge on any atom is -0.376 e. The molecule has 0 unspecified atom stereocenters. The SMILES string of the molecule is Cn1c(=O)[nH]c(=O)c2c(CC(=O)N=c3scc(-c4ccc(F)c(C(F)(F)F)c4F)n3CO)csc21. The van der Waals surface area contributed by atoms with Crippen LogP contribution in [0.15, 0.2) is 37.5 Å². The van der Waals surface area contributed by atoms with Crippen LogP contribution in [0.1, 0.15) is 11.1 Å². The molecule has 0 bridgehead atoms. The van der Waals surface area contributed by atoms with E-state index in [0.29, 0.717) is 16.5 Å². The number of hydrogen-bond acceptors (Lipinski definition) is 6. The zero-order valence-electron chi connectivity index (χ0n) is 17.4. The number of aliphatic hydroxyl groups excluding tert-OH is 1. The number of aromatic nitrogens is 3. The minimum atomic E-state index is -5.29. The third-order valence-electron chi connectivity index (χ3n) is 5.06. The summed E-state index contributed by atoms with van der Waals surface area (Å²) in [6.45, 7) is -0.869. The third kappa shape index (κ3) is 4.37. The second-order valence-electron chi connectivity index (χ2n) is 7.20. The monoisotopic (exact) mass is 532 g/mol.